The van der Waals surface area contributed by atoms with E-state index in [-0.39, 0.29) is 5.78 Å². The van der Waals surface area contributed by atoms with Gasteiger partial charge in [-0.2, -0.15) is 0 Å². The highest BCUT2D eigenvalue weighted by molar-refractivity contribution is 6.11. The number of methoxy groups -OCH3 is 3. The van der Waals surface area contributed by atoms with Crippen LogP contribution in [0.3, 0.4) is 0 Å². The van der Waals surface area contributed by atoms with Crippen LogP contribution in [0.5, 0.6) is 17.2 Å². The van der Waals surface area contributed by atoms with Crippen LogP contribution in [0.2, 0.25) is 0 Å². The van der Waals surface area contributed by atoms with Crippen molar-refractivity contribution in [3.8, 4) is 17.2 Å². The minimum Gasteiger partial charge on any atom is -0.493 e. The van der Waals surface area contributed by atoms with E-state index < -0.39 is 0 Å². The van der Waals surface area contributed by atoms with Crippen LogP contribution in [-0.4, -0.2) is 31.7 Å². The van der Waals surface area contributed by atoms with Crippen LogP contribution in [0.4, 0.5) is 0 Å². The highest BCUT2D eigenvalue weighted by Gasteiger charge is 2.18. The number of aryl methyl sites for hydroxylation is 1. The third-order valence-corrected chi connectivity index (χ3v) is 4.30. The van der Waals surface area contributed by atoms with Gasteiger partial charge < -0.3 is 18.8 Å². The molecular weight excluding hydrogens is 318 g/mol. The van der Waals surface area contributed by atoms with E-state index in [0.29, 0.717) is 28.4 Å². The zero-order valence-corrected chi connectivity index (χ0v) is 14.8. The number of carbonyl (C=O) groups is 1. The van der Waals surface area contributed by atoms with E-state index >= 15 is 0 Å². The molecule has 130 valence electrons. The Labute approximate surface area is 146 Å². The van der Waals surface area contributed by atoms with Crippen LogP contribution in [-0.2, 0) is 6.54 Å². The van der Waals surface area contributed by atoms with Gasteiger partial charge in [-0.1, -0.05) is 0 Å². The molecule has 2 aromatic carbocycles. The van der Waals surface area contributed by atoms with E-state index in [0.717, 1.165) is 17.4 Å². The molecule has 0 saturated heterocycles. The van der Waals surface area contributed by atoms with Crippen molar-refractivity contribution in [2.24, 2.45) is 0 Å². The first-order valence-electron chi connectivity index (χ1n) is 8.06. The number of carbonyl (C=O) groups excluding carboxylic acids is 1. The summed E-state index contributed by atoms with van der Waals surface area (Å²) in [5.41, 5.74) is 2.23. The summed E-state index contributed by atoms with van der Waals surface area (Å²) in [6, 6.07) is 11.1. The molecule has 0 aliphatic carbocycles. The molecular formula is C20H21NO4. The number of rotatable bonds is 6. The smallest absolute Gasteiger partial charge is 0.203 e. The molecule has 3 rings (SSSR count). The molecule has 25 heavy (non-hydrogen) atoms. The standard InChI is InChI=1S/C20H21NO4/c1-5-21-9-8-13-10-14(6-7-16(13)21)19(22)15-11-17(23-2)20(25-4)18(12-15)24-3/h6-12H,5H2,1-4H3. The van der Waals surface area contributed by atoms with Gasteiger partial charge in [0.05, 0.1) is 21.3 Å². The molecule has 5 nitrogen and oxygen atoms in total. The van der Waals surface area contributed by atoms with E-state index in [9.17, 15) is 4.79 Å². The lowest BCUT2D eigenvalue weighted by Crippen LogP contribution is -2.04. The molecule has 1 aromatic heterocycles. The molecule has 0 aliphatic heterocycles. The summed E-state index contributed by atoms with van der Waals surface area (Å²) >= 11 is 0. The van der Waals surface area contributed by atoms with E-state index in [2.05, 4.69) is 11.5 Å². The van der Waals surface area contributed by atoms with Gasteiger partial charge in [0.25, 0.3) is 0 Å². The Kier molecular flexibility index (Phi) is 4.65. The van der Waals surface area contributed by atoms with Gasteiger partial charge in [0.2, 0.25) is 5.75 Å². The van der Waals surface area contributed by atoms with Crippen LogP contribution in [0.25, 0.3) is 10.9 Å². The molecule has 0 atom stereocenters. The van der Waals surface area contributed by atoms with Gasteiger partial charge in [0.1, 0.15) is 0 Å². The second-order valence-electron chi connectivity index (χ2n) is 5.62. The third kappa shape index (κ3) is 2.93. The number of hydrogen-bond acceptors (Lipinski definition) is 4. The quantitative estimate of drug-likeness (QED) is 0.639. The fourth-order valence-electron chi connectivity index (χ4n) is 3.00. The van der Waals surface area contributed by atoms with Crippen LogP contribution >= 0.6 is 0 Å². The van der Waals surface area contributed by atoms with Crippen molar-refractivity contribution >= 4 is 16.7 Å². The lowest BCUT2D eigenvalue weighted by molar-refractivity contribution is 0.103. The van der Waals surface area contributed by atoms with Gasteiger partial charge >= 0.3 is 0 Å². The predicted octanol–water partition coefficient (Wildman–Crippen LogP) is 3.92. The lowest BCUT2D eigenvalue weighted by atomic mass is 10.0. The topological polar surface area (TPSA) is 49.7 Å². The number of nitrogens with zero attached hydrogens (tertiary/aromatic N) is 1. The largest absolute Gasteiger partial charge is 0.493 e. The fraction of sp³-hybridized carbons (Fsp3) is 0.250. The molecule has 3 aromatic rings. The monoisotopic (exact) mass is 339 g/mol. The molecule has 0 spiro atoms. The molecule has 5 heteroatoms. The number of hydrogen-bond donors (Lipinski definition) is 0. The van der Waals surface area contributed by atoms with Crippen molar-refractivity contribution in [1.82, 2.24) is 4.57 Å². The van der Waals surface area contributed by atoms with Crippen molar-refractivity contribution in [3.63, 3.8) is 0 Å². The summed E-state index contributed by atoms with van der Waals surface area (Å²) < 4.78 is 18.1. The SMILES string of the molecule is CCn1ccc2cc(C(=O)c3cc(OC)c(OC)c(OC)c3)ccc21. The summed E-state index contributed by atoms with van der Waals surface area (Å²) in [5.74, 6) is 1.30. The zero-order chi connectivity index (χ0) is 18.0. The summed E-state index contributed by atoms with van der Waals surface area (Å²) in [5, 5.41) is 1.04. The Morgan fingerprint density at radius 3 is 2.16 bits per heavy atom. The molecule has 0 saturated carbocycles. The van der Waals surface area contributed by atoms with Crippen molar-refractivity contribution in [2.75, 3.05) is 21.3 Å². The van der Waals surface area contributed by atoms with Gasteiger partial charge in [-0.15, -0.1) is 0 Å². The number of ether oxygens (including phenoxy) is 3. The second-order valence-corrected chi connectivity index (χ2v) is 5.62. The highest BCUT2D eigenvalue weighted by Crippen LogP contribution is 2.38. The summed E-state index contributed by atoms with van der Waals surface area (Å²) in [4.78, 5) is 12.9. The van der Waals surface area contributed by atoms with E-state index in [4.69, 9.17) is 14.2 Å². The number of aromatic nitrogens is 1. The maximum absolute atomic E-state index is 12.9. The third-order valence-electron chi connectivity index (χ3n) is 4.30. The molecule has 0 fully saturated rings. The minimum atomic E-state index is -0.0922. The molecule has 0 amide bonds. The van der Waals surface area contributed by atoms with Crippen LogP contribution < -0.4 is 14.2 Å². The van der Waals surface area contributed by atoms with Gasteiger partial charge in [-0.05, 0) is 43.3 Å². The second kappa shape index (κ2) is 6.89. The van der Waals surface area contributed by atoms with Crippen molar-refractivity contribution in [1.29, 1.82) is 0 Å². The van der Waals surface area contributed by atoms with Crippen LogP contribution in [0, 0.1) is 0 Å². The first-order valence-corrected chi connectivity index (χ1v) is 8.06. The fourth-order valence-corrected chi connectivity index (χ4v) is 3.00. The molecule has 0 aliphatic rings. The van der Waals surface area contributed by atoms with Crippen molar-refractivity contribution < 1.29 is 19.0 Å². The van der Waals surface area contributed by atoms with Gasteiger partial charge in [-0.3, -0.25) is 4.79 Å². The number of ketones is 1. The zero-order valence-electron chi connectivity index (χ0n) is 14.8. The average Bonchev–Trinajstić information content (AvgIpc) is 3.08. The first kappa shape index (κ1) is 16.9. The molecule has 0 unspecified atom stereocenters. The Morgan fingerprint density at radius 1 is 0.920 bits per heavy atom. The average molecular weight is 339 g/mol. The van der Waals surface area contributed by atoms with Crippen molar-refractivity contribution in [3.05, 3.63) is 53.7 Å². The Morgan fingerprint density at radius 2 is 1.60 bits per heavy atom. The van der Waals surface area contributed by atoms with E-state index in [1.165, 1.54) is 21.3 Å². The van der Waals surface area contributed by atoms with E-state index in [1.54, 1.807) is 12.1 Å². The molecule has 1 heterocycles. The summed E-state index contributed by atoms with van der Waals surface area (Å²) in [6.45, 7) is 2.98. The van der Waals surface area contributed by atoms with Gasteiger partial charge in [0.15, 0.2) is 17.3 Å². The number of benzene rings is 2. The lowest BCUT2D eigenvalue weighted by Gasteiger charge is -2.13. The number of fused-ring (bicyclic) bond motifs is 1. The molecule has 0 N–H and O–H groups in total. The van der Waals surface area contributed by atoms with Crippen LogP contribution in [0.15, 0.2) is 42.6 Å². The Hall–Kier alpha value is -2.95. The molecule has 0 bridgehead atoms. The van der Waals surface area contributed by atoms with Gasteiger partial charge in [0, 0.05) is 34.8 Å². The summed E-state index contributed by atoms with van der Waals surface area (Å²) in [6.07, 6.45) is 2.03. The van der Waals surface area contributed by atoms with Gasteiger partial charge in [-0.25, -0.2) is 0 Å². The normalized spacial score (nSPS) is 10.7. The Bertz CT molecular complexity index is 902. The highest BCUT2D eigenvalue weighted by atomic mass is 16.5. The minimum absolute atomic E-state index is 0.0922. The maximum Gasteiger partial charge on any atom is 0.203 e. The summed E-state index contributed by atoms with van der Waals surface area (Å²) in [7, 11) is 4.60. The predicted molar refractivity (Wildman–Crippen MR) is 97.1 cm³/mol. The first-order chi connectivity index (χ1) is 12.1. The van der Waals surface area contributed by atoms with Crippen molar-refractivity contribution in [2.45, 2.75) is 13.5 Å². The van der Waals surface area contributed by atoms with Crippen LogP contribution in [0.1, 0.15) is 22.8 Å². The Balaban J connectivity index is 2.05. The van der Waals surface area contributed by atoms with E-state index in [1.807, 2.05) is 30.5 Å². The maximum atomic E-state index is 12.9. The molecule has 0 radical (unpaired) electrons.